The molecule has 32 heavy (non-hydrogen) atoms. The summed E-state index contributed by atoms with van der Waals surface area (Å²) in [4.78, 5) is 6.93. The Bertz CT molecular complexity index is 974. The minimum absolute atomic E-state index is 0. The molecule has 2 unspecified atom stereocenters. The lowest BCUT2D eigenvalue weighted by Crippen LogP contribution is -2.51. The molecule has 1 aliphatic rings. The average molecular weight is 576 g/mol. The summed E-state index contributed by atoms with van der Waals surface area (Å²) in [6.07, 6.45) is -0.242. The molecule has 2 atom stereocenters. The molecular weight excluding hydrogens is 546 g/mol. The zero-order valence-electron chi connectivity index (χ0n) is 18.2. The van der Waals surface area contributed by atoms with Gasteiger partial charge in [0.05, 0.1) is 24.1 Å². The number of morpholine rings is 1. The van der Waals surface area contributed by atoms with Crippen LogP contribution in [-0.2, 0) is 14.8 Å². The van der Waals surface area contributed by atoms with Crippen LogP contribution < -0.4 is 10.0 Å². The number of guanidine groups is 1. The topological polar surface area (TPSA) is 83.0 Å². The molecule has 0 saturated carbocycles. The Morgan fingerprint density at radius 3 is 2.50 bits per heavy atom. The first-order valence-corrected chi connectivity index (χ1v) is 11.9. The second-order valence-corrected chi connectivity index (χ2v) is 9.11. The molecule has 0 aliphatic carbocycles. The van der Waals surface area contributed by atoms with Crippen LogP contribution in [0.4, 0.5) is 4.39 Å². The van der Waals surface area contributed by atoms with Crippen LogP contribution in [0.5, 0.6) is 0 Å². The molecule has 1 aliphatic heterocycles. The molecule has 2 aromatic carbocycles. The molecule has 3 rings (SSSR count). The predicted molar refractivity (Wildman–Crippen MR) is 134 cm³/mol. The van der Waals surface area contributed by atoms with Gasteiger partial charge in [0.25, 0.3) is 0 Å². The van der Waals surface area contributed by atoms with E-state index in [2.05, 4.69) is 19.9 Å². The van der Waals surface area contributed by atoms with Crippen LogP contribution in [0, 0.1) is 5.82 Å². The number of nitrogens with one attached hydrogen (secondary N) is 2. The number of hydrogen-bond donors (Lipinski definition) is 2. The lowest BCUT2D eigenvalue weighted by molar-refractivity contribution is -0.0605. The molecule has 7 nitrogen and oxygen atoms in total. The highest BCUT2D eigenvalue weighted by Gasteiger charge is 2.28. The molecule has 176 valence electrons. The number of aliphatic imine (C=N–C) groups is 1. The van der Waals surface area contributed by atoms with Gasteiger partial charge in [-0.15, -0.1) is 24.0 Å². The number of ether oxygens (including phenoxy) is 1. The molecule has 2 aromatic rings. The van der Waals surface area contributed by atoms with Crippen molar-refractivity contribution < 1.29 is 17.5 Å². The van der Waals surface area contributed by atoms with Crippen LogP contribution >= 0.6 is 24.0 Å². The second kappa shape index (κ2) is 12.5. The van der Waals surface area contributed by atoms with Crippen LogP contribution in [0.1, 0.15) is 25.5 Å². The van der Waals surface area contributed by atoms with Crippen LogP contribution in [0.3, 0.4) is 0 Å². The van der Waals surface area contributed by atoms with E-state index in [0.29, 0.717) is 32.1 Å². The Labute approximate surface area is 206 Å². The van der Waals surface area contributed by atoms with Crippen molar-refractivity contribution in [1.29, 1.82) is 0 Å². The number of nitrogens with zero attached hydrogens (tertiary/aromatic N) is 2. The Morgan fingerprint density at radius 1 is 1.16 bits per heavy atom. The van der Waals surface area contributed by atoms with Crippen LogP contribution in [0.2, 0.25) is 0 Å². The molecule has 0 amide bonds. The van der Waals surface area contributed by atoms with Gasteiger partial charge in [-0.05, 0) is 43.7 Å². The zero-order valence-corrected chi connectivity index (χ0v) is 21.3. The van der Waals surface area contributed by atoms with Crippen molar-refractivity contribution in [3.63, 3.8) is 0 Å². The number of sulfonamides is 1. The standard InChI is InChI=1S/C22H29FN4O3S.HI/c1-3-24-22(25-13-14-26-31(28,29)20-7-5-4-6-8-20)27-15-17(2)30-21(16-27)18-9-11-19(23)12-10-18;/h4-12,17,21,26H,3,13-16H2,1-2H3,(H,24,25);1H. The summed E-state index contributed by atoms with van der Waals surface area (Å²) in [6, 6.07) is 14.6. The number of halogens is 2. The summed E-state index contributed by atoms with van der Waals surface area (Å²) in [6.45, 7) is 6.35. The lowest BCUT2D eigenvalue weighted by atomic mass is 10.1. The average Bonchev–Trinajstić information content (AvgIpc) is 2.76. The number of benzene rings is 2. The van der Waals surface area contributed by atoms with E-state index in [1.54, 1.807) is 42.5 Å². The first-order chi connectivity index (χ1) is 14.9. The van der Waals surface area contributed by atoms with Gasteiger partial charge in [0.1, 0.15) is 11.9 Å². The van der Waals surface area contributed by atoms with E-state index in [1.807, 2.05) is 13.8 Å². The van der Waals surface area contributed by atoms with Crippen molar-refractivity contribution in [2.75, 3.05) is 32.7 Å². The largest absolute Gasteiger partial charge is 0.367 e. The van der Waals surface area contributed by atoms with Gasteiger partial charge in [0, 0.05) is 19.6 Å². The first kappa shape index (κ1) is 26.5. The molecule has 0 radical (unpaired) electrons. The van der Waals surface area contributed by atoms with Gasteiger partial charge >= 0.3 is 0 Å². The van der Waals surface area contributed by atoms with Crippen LogP contribution in [0.15, 0.2) is 64.5 Å². The quantitative estimate of drug-likeness (QED) is 0.229. The van der Waals surface area contributed by atoms with Crippen molar-refractivity contribution in [2.45, 2.75) is 31.0 Å². The molecular formula is C22H30FIN4O3S. The maximum Gasteiger partial charge on any atom is 0.240 e. The van der Waals surface area contributed by atoms with E-state index >= 15 is 0 Å². The lowest BCUT2D eigenvalue weighted by Gasteiger charge is -2.38. The molecule has 10 heteroatoms. The fraction of sp³-hybridized carbons (Fsp3) is 0.409. The highest BCUT2D eigenvalue weighted by Crippen LogP contribution is 2.25. The van der Waals surface area contributed by atoms with E-state index < -0.39 is 10.0 Å². The number of rotatable bonds is 7. The van der Waals surface area contributed by atoms with Crippen molar-refractivity contribution in [2.24, 2.45) is 4.99 Å². The van der Waals surface area contributed by atoms with Crippen molar-refractivity contribution >= 4 is 40.0 Å². The van der Waals surface area contributed by atoms with E-state index in [0.717, 1.165) is 5.56 Å². The van der Waals surface area contributed by atoms with Gasteiger partial charge < -0.3 is 15.0 Å². The normalized spacial score (nSPS) is 19.3. The maximum atomic E-state index is 13.3. The molecule has 1 saturated heterocycles. The zero-order chi connectivity index (χ0) is 22.3. The molecule has 1 fully saturated rings. The second-order valence-electron chi connectivity index (χ2n) is 7.34. The first-order valence-electron chi connectivity index (χ1n) is 10.4. The fourth-order valence-corrected chi connectivity index (χ4v) is 4.48. The maximum absolute atomic E-state index is 13.3. The fourth-order valence-electron chi connectivity index (χ4n) is 3.44. The summed E-state index contributed by atoms with van der Waals surface area (Å²) in [5, 5.41) is 3.27. The summed E-state index contributed by atoms with van der Waals surface area (Å²) in [5.74, 6) is 0.418. The third-order valence-electron chi connectivity index (χ3n) is 4.86. The molecule has 2 N–H and O–H groups in total. The highest BCUT2D eigenvalue weighted by atomic mass is 127. The van der Waals surface area contributed by atoms with Crippen molar-refractivity contribution in [3.8, 4) is 0 Å². The van der Waals surface area contributed by atoms with Gasteiger partial charge in [-0.2, -0.15) is 0 Å². The van der Waals surface area contributed by atoms with Crippen molar-refractivity contribution in [3.05, 3.63) is 66.0 Å². The SMILES string of the molecule is CCNC(=NCCNS(=O)(=O)c1ccccc1)N1CC(C)OC(c2ccc(F)cc2)C1.I. The predicted octanol–water partition coefficient (Wildman–Crippen LogP) is 3.15. The summed E-state index contributed by atoms with van der Waals surface area (Å²) >= 11 is 0. The molecule has 0 spiro atoms. The summed E-state index contributed by atoms with van der Waals surface area (Å²) in [7, 11) is -3.56. The van der Waals surface area contributed by atoms with E-state index in [1.165, 1.54) is 12.1 Å². The van der Waals surface area contributed by atoms with Gasteiger partial charge in [0.2, 0.25) is 10.0 Å². The Morgan fingerprint density at radius 2 is 1.84 bits per heavy atom. The Kier molecular flexibility index (Phi) is 10.3. The van der Waals surface area contributed by atoms with Crippen LogP contribution in [-0.4, -0.2) is 58.1 Å². The Hall–Kier alpha value is -1.76. The molecule has 0 aromatic heterocycles. The number of hydrogen-bond acceptors (Lipinski definition) is 4. The molecule has 1 heterocycles. The van der Waals surface area contributed by atoms with Gasteiger partial charge in [-0.25, -0.2) is 17.5 Å². The van der Waals surface area contributed by atoms with Gasteiger partial charge in [-0.1, -0.05) is 30.3 Å². The monoisotopic (exact) mass is 576 g/mol. The summed E-state index contributed by atoms with van der Waals surface area (Å²) < 4.78 is 46.6. The van der Waals surface area contributed by atoms with E-state index in [-0.39, 0.29) is 53.4 Å². The van der Waals surface area contributed by atoms with E-state index in [4.69, 9.17) is 4.74 Å². The third kappa shape index (κ3) is 7.39. The van der Waals surface area contributed by atoms with Gasteiger partial charge in [0.15, 0.2) is 5.96 Å². The van der Waals surface area contributed by atoms with Gasteiger partial charge in [-0.3, -0.25) is 4.99 Å². The van der Waals surface area contributed by atoms with E-state index in [9.17, 15) is 12.8 Å². The van der Waals surface area contributed by atoms with Crippen molar-refractivity contribution in [1.82, 2.24) is 14.9 Å². The smallest absolute Gasteiger partial charge is 0.240 e. The highest BCUT2D eigenvalue weighted by molar-refractivity contribution is 14.0. The minimum Gasteiger partial charge on any atom is -0.367 e. The van der Waals surface area contributed by atoms with Crippen LogP contribution in [0.25, 0.3) is 0 Å². The summed E-state index contributed by atoms with van der Waals surface area (Å²) in [5.41, 5.74) is 0.907. The minimum atomic E-state index is -3.56. The molecule has 0 bridgehead atoms. The third-order valence-corrected chi connectivity index (χ3v) is 6.33. The Balaban J connectivity index is 0.00000363.